The van der Waals surface area contributed by atoms with Gasteiger partial charge in [-0.1, -0.05) is 24.3 Å². The maximum absolute atomic E-state index is 9.67. The smallest absolute Gasteiger partial charge is 0.478 e. The Bertz CT molecular complexity index is 741. The van der Waals surface area contributed by atoms with Gasteiger partial charge in [0.1, 0.15) is 11.5 Å². The summed E-state index contributed by atoms with van der Waals surface area (Å²) in [5, 5.41) is 20.6. The van der Waals surface area contributed by atoms with Gasteiger partial charge < -0.3 is 29.8 Å². The fourth-order valence-electron chi connectivity index (χ4n) is 1.62. The molecule has 0 aliphatic rings. The van der Waals surface area contributed by atoms with Crippen molar-refractivity contribution in [2.24, 2.45) is 0 Å². The first-order chi connectivity index (χ1) is 9.91. The minimum absolute atomic E-state index is 0.214. The molecule has 2 aromatic rings. The molecule has 122 valence electrons. The number of rotatable bonds is 2. The van der Waals surface area contributed by atoms with Crippen LogP contribution in [0.3, 0.4) is 0 Å². The predicted molar refractivity (Wildman–Crippen MR) is 77.2 cm³/mol. The van der Waals surface area contributed by atoms with E-state index in [1.54, 1.807) is 25.1 Å². The number of phosphoric acid groups is 2. The second-order valence-corrected chi connectivity index (χ2v) is 6.79. The van der Waals surface area contributed by atoms with Crippen molar-refractivity contribution in [1.29, 1.82) is 0 Å². The Morgan fingerprint density at radius 3 is 1.77 bits per heavy atom. The first-order valence-corrected chi connectivity index (χ1v) is 8.69. The third-order valence-corrected chi connectivity index (χ3v) is 4.10. The van der Waals surface area contributed by atoms with Gasteiger partial charge in [0.05, 0.1) is 0 Å². The van der Waals surface area contributed by atoms with E-state index in [2.05, 4.69) is 4.31 Å². The minimum atomic E-state index is -5.05. The van der Waals surface area contributed by atoms with Gasteiger partial charge >= 0.3 is 15.6 Å². The molecule has 0 fully saturated rings. The highest BCUT2D eigenvalue weighted by Crippen LogP contribution is 2.53. The largest absolute Gasteiger partial charge is 0.507 e. The van der Waals surface area contributed by atoms with Gasteiger partial charge in [0.15, 0.2) is 0 Å². The lowest BCUT2D eigenvalue weighted by Crippen LogP contribution is -1.84. The maximum atomic E-state index is 9.67. The molecule has 2 aromatic carbocycles. The normalized spacial score (nSPS) is 11.9. The Morgan fingerprint density at radius 1 is 0.909 bits per heavy atom. The summed E-state index contributed by atoms with van der Waals surface area (Å²) in [7, 11) is -10.1. The van der Waals surface area contributed by atoms with E-state index in [-0.39, 0.29) is 11.5 Å². The highest BCUT2D eigenvalue weighted by atomic mass is 31.3. The molecule has 0 amide bonds. The van der Waals surface area contributed by atoms with E-state index in [4.69, 9.17) is 19.6 Å². The number of benzene rings is 2. The third-order valence-electron chi connectivity index (χ3n) is 2.40. The van der Waals surface area contributed by atoms with Gasteiger partial charge in [0.25, 0.3) is 0 Å². The summed E-state index contributed by atoms with van der Waals surface area (Å²) in [6.07, 6.45) is 0. The van der Waals surface area contributed by atoms with Gasteiger partial charge in [-0.15, -0.1) is 0 Å². The van der Waals surface area contributed by atoms with E-state index in [0.717, 1.165) is 0 Å². The summed E-state index contributed by atoms with van der Waals surface area (Å²) in [6.45, 7) is 1.77. The van der Waals surface area contributed by atoms with Gasteiger partial charge in [-0.3, -0.25) is 0 Å². The number of fused-ring (bicyclic) bond motifs is 1. The lowest BCUT2D eigenvalue weighted by molar-refractivity contribution is 0.225. The zero-order chi connectivity index (χ0) is 17.1. The summed E-state index contributed by atoms with van der Waals surface area (Å²) < 4.78 is 22.2. The van der Waals surface area contributed by atoms with Crippen LogP contribution < -0.4 is 0 Å². The van der Waals surface area contributed by atoms with Crippen LogP contribution in [0.25, 0.3) is 10.8 Å². The zero-order valence-corrected chi connectivity index (χ0v) is 13.0. The lowest BCUT2D eigenvalue weighted by Gasteiger charge is -2.05. The van der Waals surface area contributed by atoms with Crippen LogP contribution in [-0.4, -0.2) is 29.8 Å². The first-order valence-electron chi connectivity index (χ1n) is 5.63. The lowest BCUT2D eigenvalue weighted by atomic mass is 10.1. The molecule has 0 heterocycles. The van der Waals surface area contributed by atoms with E-state index in [1.165, 1.54) is 0 Å². The Balaban J connectivity index is 0.000000239. The van der Waals surface area contributed by atoms with Crippen LogP contribution >= 0.6 is 15.6 Å². The highest BCUT2D eigenvalue weighted by Gasteiger charge is 2.27. The van der Waals surface area contributed by atoms with E-state index in [0.29, 0.717) is 16.3 Å². The number of phenols is 2. The number of aryl methyl sites for hydroxylation is 1. The molecule has 0 atom stereocenters. The van der Waals surface area contributed by atoms with Gasteiger partial charge in [-0.25, -0.2) is 9.13 Å². The van der Waals surface area contributed by atoms with Crippen LogP contribution in [-0.2, 0) is 13.4 Å². The third kappa shape index (κ3) is 5.75. The average molecular weight is 352 g/mol. The summed E-state index contributed by atoms with van der Waals surface area (Å²) >= 11 is 0. The van der Waals surface area contributed by atoms with Crippen molar-refractivity contribution >= 4 is 26.4 Å². The molecule has 6 N–H and O–H groups in total. The molecule has 2 rings (SSSR count). The molecule has 9 nitrogen and oxygen atoms in total. The Kier molecular flexibility index (Phi) is 5.72. The molecule has 0 radical (unpaired) electrons. The van der Waals surface area contributed by atoms with Crippen LogP contribution in [0.5, 0.6) is 11.5 Å². The zero-order valence-electron chi connectivity index (χ0n) is 11.2. The van der Waals surface area contributed by atoms with Crippen LogP contribution in [0, 0.1) is 6.92 Å². The molecular formula is C11H14O9P2. The van der Waals surface area contributed by atoms with E-state index >= 15 is 0 Å². The predicted octanol–water partition coefficient (Wildman–Crippen LogP) is 1.75. The Hall–Kier alpha value is -1.44. The van der Waals surface area contributed by atoms with E-state index < -0.39 is 15.6 Å². The van der Waals surface area contributed by atoms with Crippen molar-refractivity contribution in [1.82, 2.24) is 0 Å². The monoisotopic (exact) mass is 352 g/mol. The van der Waals surface area contributed by atoms with Crippen LogP contribution in [0.15, 0.2) is 30.3 Å². The molecule has 0 saturated heterocycles. The van der Waals surface area contributed by atoms with Crippen molar-refractivity contribution in [3.8, 4) is 11.5 Å². The highest BCUT2D eigenvalue weighted by molar-refractivity contribution is 7.60. The average Bonchev–Trinajstić information content (AvgIpc) is 2.32. The summed E-state index contributed by atoms with van der Waals surface area (Å²) in [5.74, 6) is 0.458. The van der Waals surface area contributed by atoms with Crippen LogP contribution in [0.1, 0.15) is 5.56 Å². The number of phenolic OH excluding ortho intramolecular Hbond substituents is 2. The quantitative estimate of drug-likeness (QED) is 0.349. The minimum Gasteiger partial charge on any atom is -0.507 e. The van der Waals surface area contributed by atoms with Crippen molar-refractivity contribution in [2.75, 3.05) is 0 Å². The summed E-state index contributed by atoms with van der Waals surface area (Å²) in [5.41, 5.74) is 0.691. The Morgan fingerprint density at radius 2 is 1.36 bits per heavy atom. The van der Waals surface area contributed by atoms with Crippen molar-refractivity contribution in [3.63, 3.8) is 0 Å². The molecule has 0 saturated carbocycles. The number of aromatic hydroxyl groups is 2. The van der Waals surface area contributed by atoms with E-state index in [9.17, 15) is 19.3 Å². The van der Waals surface area contributed by atoms with Crippen molar-refractivity contribution < 1.29 is 43.2 Å². The van der Waals surface area contributed by atoms with Crippen molar-refractivity contribution in [3.05, 3.63) is 35.9 Å². The fraction of sp³-hybridized carbons (Fsp3) is 0.0909. The second-order valence-electron chi connectivity index (χ2n) is 4.17. The molecule has 0 spiro atoms. The molecule has 0 bridgehead atoms. The Labute approximate surface area is 124 Å². The molecule has 11 heteroatoms. The number of hydrogen-bond donors (Lipinski definition) is 6. The maximum Gasteiger partial charge on any atom is 0.478 e. The molecule has 0 unspecified atom stereocenters. The molecular weight excluding hydrogens is 338 g/mol. The van der Waals surface area contributed by atoms with Crippen LogP contribution in [0.4, 0.5) is 0 Å². The van der Waals surface area contributed by atoms with Crippen molar-refractivity contribution in [2.45, 2.75) is 6.92 Å². The van der Waals surface area contributed by atoms with Gasteiger partial charge in [0.2, 0.25) is 0 Å². The topological polar surface area (TPSA) is 165 Å². The first kappa shape index (κ1) is 18.6. The van der Waals surface area contributed by atoms with Gasteiger partial charge in [-0.2, -0.15) is 4.31 Å². The summed E-state index contributed by atoms with van der Waals surface area (Å²) in [6, 6.07) is 8.80. The molecule has 22 heavy (non-hydrogen) atoms. The SMILES string of the molecule is Cc1cc(O)c2ccccc2c1O.O=P(O)(O)OP(=O)(O)O. The molecule has 0 aromatic heterocycles. The van der Waals surface area contributed by atoms with Gasteiger partial charge in [0, 0.05) is 10.8 Å². The van der Waals surface area contributed by atoms with E-state index in [1.807, 2.05) is 12.1 Å². The van der Waals surface area contributed by atoms with Crippen LogP contribution in [0.2, 0.25) is 0 Å². The second kappa shape index (κ2) is 6.76. The summed E-state index contributed by atoms with van der Waals surface area (Å²) in [4.78, 5) is 31.0. The molecule has 0 aliphatic heterocycles. The standard InChI is InChI=1S/C11H10O2.H4O7P2/c1-7-6-10(12)8-4-2-3-5-9(8)11(7)13;1-8(2,3)7-9(4,5)6/h2-6,12-13H,1H3;(H2,1,2,3)(H2,4,5,6). The van der Waals surface area contributed by atoms with Gasteiger partial charge in [-0.05, 0) is 18.6 Å². The fourth-order valence-corrected chi connectivity index (χ4v) is 2.72. The number of hydrogen-bond acceptors (Lipinski definition) is 5. The molecule has 0 aliphatic carbocycles.